The minimum atomic E-state index is -0.770. The van der Waals surface area contributed by atoms with E-state index in [1.165, 1.54) is 0 Å². The molecule has 1 saturated heterocycles. The van der Waals surface area contributed by atoms with Crippen LogP contribution in [0.1, 0.15) is 30.5 Å². The first kappa shape index (κ1) is 13.3. The van der Waals surface area contributed by atoms with E-state index in [1.54, 1.807) is 6.07 Å². The number of hydrogen-bond donors (Lipinski definition) is 3. The highest BCUT2D eigenvalue weighted by atomic mass is 16.5. The molecule has 100 valence electrons. The Hall–Kier alpha value is -1.10. The van der Waals surface area contributed by atoms with Crippen LogP contribution in [0.15, 0.2) is 18.2 Å². The summed E-state index contributed by atoms with van der Waals surface area (Å²) >= 11 is 0. The van der Waals surface area contributed by atoms with Crippen molar-refractivity contribution in [1.82, 2.24) is 5.32 Å². The summed E-state index contributed by atoms with van der Waals surface area (Å²) in [6.45, 7) is 5.44. The molecule has 3 N–H and O–H groups in total. The van der Waals surface area contributed by atoms with Gasteiger partial charge in [0.05, 0.1) is 6.61 Å². The first-order valence-electron chi connectivity index (χ1n) is 6.33. The lowest BCUT2D eigenvalue weighted by Gasteiger charge is -2.24. The zero-order valence-electron chi connectivity index (χ0n) is 10.9. The number of phenols is 1. The van der Waals surface area contributed by atoms with E-state index in [0.29, 0.717) is 26.2 Å². The number of aliphatic hydroxyl groups is 1. The highest BCUT2D eigenvalue weighted by Gasteiger charge is 2.32. The van der Waals surface area contributed by atoms with Crippen LogP contribution in [0, 0.1) is 6.92 Å². The number of hydrogen-bond acceptors (Lipinski definition) is 4. The fourth-order valence-electron chi connectivity index (χ4n) is 2.21. The average Bonchev–Trinajstić information content (AvgIpc) is 2.77. The summed E-state index contributed by atoms with van der Waals surface area (Å²) < 4.78 is 5.20. The first-order chi connectivity index (χ1) is 8.50. The Morgan fingerprint density at radius 1 is 1.50 bits per heavy atom. The average molecular weight is 251 g/mol. The molecule has 2 rings (SSSR count). The second-order valence-electron chi connectivity index (χ2n) is 5.19. The number of nitrogens with one attached hydrogen (secondary N) is 1. The van der Waals surface area contributed by atoms with Crippen molar-refractivity contribution in [3.63, 3.8) is 0 Å². The molecule has 0 aliphatic carbocycles. The second-order valence-corrected chi connectivity index (χ2v) is 5.19. The minimum absolute atomic E-state index is 0.00507. The van der Waals surface area contributed by atoms with Gasteiger partial charge >= 0.3 is 0 Å². The molecule has 1 aromatic carbocycles. The quantitative estimate of drug-likeness (QED) is 0.759. The summed E-state index contributed by atoms with van der Waals surface area (Å²) in [5.74, 6) is 0.287. The number of aryl methyl sites for hydroxylation is 1. The van der Waals surface area contributed by atoms with E-state index in [9.17, 15) is 10.2 Å². The SMILES string of the molecule is Cc1ccc(O)c(C(C)NCC2(O)CCOC2)c1. The molecule has 2 unspecified atom stereocenters. The number of phenolic OH excluding ortho intramolecular Hbond substituents is 1. The predicted molar refractivity (Wildman–Crippen MR) is 69.6 cm³/mol. The van der Waals surface area contributed by atoms with Gasteiger partial charge in [-0.2, -0.15) is 0 Å². The van der Waals surface area contributed by atoms with Crippen molar-refractivity contribution in [3.05, 3.63) is 29.3 Å². The van der Waals surface area contributed by atoms with Crippen molar-refractivity contribution in [2.24, 2.45) is 0 Å². The van der Waals surface area contributed by atoms with Gasteiger partial charge in [0, 0.05) is 31.2 Å². The van der Waals surface area contributed by atoms with Crippen LogP contribution in [-0.2, 0) is 4.74 Å². The van der Waals surface area contributed by atoms with E-state index >= 15 is 0 Å². The molecule has 2 atom stereocenters. The van der Waals surface area contributed by atoms with Crippen molar-refractivity contribution < 1.29 is 14.9 Å². The molecule has 0 amide bonds. The third-order valence-corrected chi connectivity index (χ3v) is 3.47. The zero-order valence-corrected chi connectivity index (χ0v) is 10.9. The standard InChI is InChI=1S/C14H21NO3/c1-10-3-4-13(16)12(7-10)11(2)15-8-14(17)5-6-18-9-14/h3-4,7,11,15-17H,5-6,8-9H2,1-2H3. The van der Waals surface area contributed by atoms with E-state index < -0.39 is 5.60 Å². The van der Waals surface area contributed by atoms with Crippen LogP contribution in [0.2, 0.25) is 0 Å². The van der Waals surface area contributed by atoms with E-state index in [1.807, 2.05) is 26.0 Å². The smallest absolute Gasteiger partial charge is 0.120 e. The number of rotatable bonds is 4. The van der Waals surface area contributed by atoms with Gasteiger partial charge in [-0.1, -0.05) is 17.7 Å². The lowest BCUT2D eigenvalue weighted by molar-refractivity contribution is 0.0251. The molecule has 1 aliphatic rings. The molecule has 0 aromatic heterocycles. The Kier molecular flexibility index (Phi) is 3.90. The van der Waals surface area contributed by atoms with Crippen molar-refractivity contribution in [1.29, 1.82) is 0 Å². The largest absolute Gasteiger partial charge is 0.508 e. The molecule has 4 heteroatoms. The second kappa shape index (κ2) is 5.26. The van der Waals surface area contributed by atoms with E-state index in [2.05, 4.69) is 5.32 Å². The first-order valence-corrected chi connectivity index (χ1v) is 6.33. The summed E-state index contributed by atoms with van der Waals surface area (Å²) in [6, 6.07) is 5.54. The molecule has 1 aromatic rings. The van der Waals surface area contributed by atoms with E-state index in [-0.39, 0.29) is 11.8 Å². The van der Waals surface area contributed by atoms with Crippen LogP contribution in [0.25, 0.3) is 0 Å². The molecule has 18 heavy (non-hydrogen) atoms. The summed E-state index contributed by atoms with van der Waals surface area (Å²) in [5.41, 5.74) is 1.20. The Bertz CT molecular complexity index is 414. The third kappa shape index (κ3) is 3.02. The Balaban J connectivity index is 1.99. The molecule has 0 bridgehead atoms. The molecular formula is C14H21NO3. The number of ether oxygens (including phenoxy) is 1. The normalized spacial score (nSPS) is 25.3. The topological polar surface area (TPSA) is 61.7 Å². The van der Waals surface area contributed by atoms with Gasteiger partial charge in [-0.05, 0) is 19.9 Å². The van der Waals surface area contributed by atoms with Gasteiger partial charge < -0.3 is 20.3 Å². The molecule has 0 spiro atoms. The highest BCUT2D eigenvalue weighted by Crippen LogP contribution is 2.26. The Labute approximate surface area is 108 Å². The minimum Gasteiger partial charge on any atom is -0.508 e. The van der Waals surface area contributed by atoms with Crippen LogP contribution >= 0.6 is 0 Å². The van der Waals surface area contributed by atoms with Crippen LogP contribution in [0.5, 0.6) is 5.75 Å². The predicted octanol–water partition coefficient (Wildman–Crippen LogP) is 1.50. The fraction of sp³-hybridized carbons (Fsp3) is 0.571. The Morgan fingerprint density at radius 2 is 2.28 bits per heavy atom. The van der Waals surface area contributed by atoms with Gasteiger partial charge in [0.2, 0.25) is 0 Å². The van der Waals surface area contributed by atoms with Gasteiger partial charge in [-0.3, -0.25) is 0 Å². The maximum Gasteiger partial charge on any atom is 0.120 e. The zero-order chi connectivity index (χ0) is 13.2. The van der Waals surface area contributed by atoms with Gasteiger partial charge in [-0.25, -0.2) is 0 Å². The number of aromatic hydroxyl groups is 1. The van der Waals surface area contributed by atoms with Crippen molar-refractivity contribution in [2.45, 2.75) is 31.9 Å². The van der Waals surface area contributed by atoms with Crippen molar-refractivity contribution in [2.75, 3.05) is 19.8 Å². The van der Waals surface area contributed by atoms with Gasteiger partial charge in [0.1, 0.15) is 11.4 Å². The molecule has 1 heterocycles. The van der Waals surface area contributed by atoms with Crippen LogP contribution in [-0.4, -0.2) is 35.6 Å². The lowest BCUT2D eigenvalue weighted by Crippen LogP contribution is -2.41. The van der Waals surface area contributed by atoms with Crippen LogP contribution in [0.3, 0.4) is 0 Å². The Morgan fingerprint density at radius 3 is 2.94 bits per heavy atom. The monoisotopic (exact) mass is 251 g/mol. The highest BCUT2D eigenvalue weighted by molar-refractivity contribution is 5.37. The summed E-state index contributed by atoms with van der Waals surface area (Å²) in [4.78, 5) is 0. The van der Waals surface area contributed by atoms with Crippen molar-refractivity contribution >= 4 is 0 Å². The van der Waals surface area contributed by atoms with Crippen LogP contribution < -0.4 is 5.32 Å². The van der Waals surface area contributed by atoms with Gasteiger partial charge in [0.15, 0.2) is 0 Å². The van der Waals surface area contributed by atoms with E-state index in [0.717, 1.165) is 11.1 Å². The molecule has 1 aliphatic heterocycles. The van der Waals surface area contributed by atoms with Crippen molar-refractivity contribution in [3.8, 4) is 5.75 Å². The summed E-state index contributed by atoms with van der Waals surface area (Å²) in [5, 5.41) is 23.3. The maximum atomic E-state index is 10.2. The number of benzene rings is 1. The maximum absolute atomic E-state index is 10.2. The lowest BCUT2D eigenvalue weighted by atomic mass is 10.0. The molecular weight excluding hydrogens is 230 g/mol. The molecule has 1 fully saturated rings. The van der Waals surface area contributed by atoms with Gasteiger partial charge in [-0.15, -0.1) is 0 Å². The molecule has 4 nitrogen and oxygen atoms in total. The van der Waals surface area contributed by atoms with E-state index in [4.69, 9.17) is 4.74 Å². The van der Waals surface area contributed by atoms with Crippen LogP contribution in [0.4, 0.5) is 0 Å². The van der Waals surface area contributed by atoms with Gasteiger partial charge in [0.25, 0.3) is 0 Å². The third-order valence-electron chi connectivity index (χ3n) is 3.47. The fourth-order valence-corrected chi connectivity index (χ4v) is 2.21. The molecule has 0 saturated carbocycles. The molecule has 0 radical (unpaired) electrons. The summed E-state index contributed by atoms with van der Waals surface area (Å²) in [7, 11) is 0. The summed E-state index contributed by atoms with van der Waals surface area (Å²) in [6.07, 6.45) is 0.659.